The van der Waals surface area contributed by atoms with Gasteiger partial charge in [0, 0.05) is 36.7 Å². The molecule has 1 aromatic heterocycles. The highest BCUT2D eigenvalue weighted by molar-refractivity contribution is 7.17. The van der Waals surface area contributed by atoms with Gasteiger partial charge in [-0.25, -0.2) is 4.79 Å². The van der Waals surface area contributed by atoms with Crippen LogP contribution in [0.1, 0.15) is 41.1 Å². The summed E-state index contributed by atoms with van der Waals surface area (Å²) < 4.78 is 10.5. The number of hydrogen-bond acceptors (Lipinski definition) is 7. The van der Waals surface area contributed by atoms with E-state index < -0.39 is 0 Å². The summed E-state index contributed by atoms with van der Waals surface area (Å²) >= 11 is 1.54. The molecule has 33 heavy (non-hydrogen) atoms. The van der Waals surface area contributed by atoms with Crippen molar-refractivity contribution in [3.63, 3.8) is 0 Å². The van der Waals surface area contributed by atoms with Crippen LogP contribution in [0, 0.1) is 5.92 Å². The van der Waals surface area contributed by atoms with Gasteiger partial charge in [-0.3, -0.25) is 9.69 Å². The molecule has 2 aromatic rings. The topological polar surface area (TPSA) is 71.1 Å². The van der Waals surface area contributed by atoms with Crippen LogP contribution in [0.25, 0.3) is 0 Å². The third-order valence-corrected chi connectivity index (χ3v) is 7.59. The Kier molecular flexibility index (Phi) is 7.55. The second-order valence-electron chi connectivity index (χ2n) is 8.79. The highest BCUT2D eigenvalue weighted by atomic mass is 32.1. The average molecular weight is 472 g/mol. The number of hydrogen-bond donors (Lipinski definition) is 1. The zero-order chi connectivity index (χ0) is 23.4. The largest absolute Gasteiger partial charge is 0.497 e. The Morgan fingerprint density at radius 3 is 2.55 bits per heavy atom. The summed E-state index contributed by atoms with van der Waals surface area (Å²) in [7, 11) is 1.67. The van der Waals surface area contributed by atoms with E-state index >= 15 is 0 Å². The van der Waals surface area contributed by atoms with Gasteiger partial charge in [0.1, 0.15) is 10.8 Å². The van der Waals surface area contributed by atoms with Gasteiger partial charge in [-0.1, -0.05) is 6.92 Å². The van der Waals surface area contributed by atoms with Crippen molar-refractivity contribution in [1.82, 2.24) is 4.90 Å². The summed E-state index contributed by atoms with van der Waals surface area (Å²) in [5.74, 6) is 1.04. The van der Waals surface area contributed by atoms with E-state index in [1.807, 2.05) is 19.1 Å². The van der Waals surface area contributed by atoms with Gasteiger partial charge in [-0.05, 0) is 61.9 Å². The lowest BCUT2D eigenvalue weighted by atomic mass is 9.88. The Balaban J connectivity index is 1.36. The summed E-state index contributed by atoms with van der Waals surface area (Å²) in [5.41, 5.74) is 2.80. The summed E-state index contributed by atoms with van der Waals surface area (Å²) in [5, 5.41) is 3.68. The number of fused-ring (bicyclic) bond motifs is 1. The van der Waals surface area contributed by atoms with Crippen molar-refractivity contribution in [3.05, 3.63) is 40.3 Å². The Bertz CT molecular complexity index is 980. The molecule has 0 bridgehead atoms. The molecule has 1 fully saturated rings. The number of piperazine rings is 1. The van der Waals surface area contributed by atoms with Gasteiger partial charge in [0.25, 0.3) is 0 Å². The molecular formula is C25H33N3O4S. The van der Waals surface area contributed by atoms with E-state index in [2.05, 4.69) is 34.2 Å². The molecule has 8 heteroatoms. The van der Waals surface area contributed by atoms with Crippen molar-refractivity contribution in [2.45, 2.75) is 33.1 Å². The Labute approximate surface area is 199 Å². The first-order chi connectivity index (χ1) is 16.0. The number of carbonyl (C=O) groups excluding carboxylic acids is 2. The van der Waals surface area contributed by atoms with Crippen LogP contribution in [0.4, 0.5) is 10.7 Å². The Morgan fingerprint density at radius 1 is 1.15 bits per heavy atom. The second kappa shape index (κ2) is 10.6. The van der Waals surface area contributed by atoms with Gasteiger partial charge < -0.3 is 19.7 Å². The molecule has 7 nitrogen and oxygen atoms in total. The molecule has 1 aliphatic heterocycles. The summed E-state index contributed by atoms with van der Waals surface area (Å²) in [6.45, 7) is 8.02. The van der Waals surface area contributed by atoms with E-state index in [1.165, 1.54) is 4.88 Å². The molecule has 1 aromatic carbocycles. The first-order valence-electron chi connectivity index (χ1n) is 11.7. The monoisotopic (exact) mass is 471 g/mol. The van der Waals surface area contributed by atoms with Gasteiger partial charge in [-0.2, -0.15) is 0 Å². The van der Waals surface area contributed by atoms with Crippen LogP contribution in [-0.2, 0) is 22.4 Å². The molecule has 1 N–H and O–H groups in total. The van der Waals surface area contributed by atoms with Crippen molar-refractivity contribution in [3.8, 4) is 5.75 Å². The van der Waals surface area contributed by atoms with Gasteiger partial charge in [0.2, 0.25) is 5.91 Å². The highest BCUT2D eigenvalue weighted by Gasteiger charge is 2.29. The minimum Gasteiger partial charge on any atom is -0.497 e. The van der Waals surface area contributed by atoms with Gasteiger partial charge in [0.15, 0.2) is 0 Å². The molecule has 4 rings (SSSR count). The Morgan fingerprint density at radius 2 is 1.88 bits per heavy atom. The fourth-order valence-corrected chi connectivity index (χ4v) is 6.00. The predicted octanol–water partition coefficient (Wildman–Crippen LogP) is 3.82. The molecule has 1 aliphatic carbocycles. The van der Waals surface area contributed by atoms with E-state index in [0.29, 0.717) is 29.6 Å². The zero-order valence-electron chi connectivity index (χ0n) is 19.7. The minimum atomic E-state index is -0.326. The summed E-state index contributed by atoms with van der Waals surface area (Å²) in [6.07, 6.45) is 2.88. The van der Waals surface area contributed by atoms with Crippen molar-refractivity contribution in [1.29, 1.82) is 0 Å². The Hall–Kier alpha value is -2.58. The molecule has 0 radical (unpaired) electrons. The standard InChI is InChI=1S/C25H33N3O4S/c1-4-32-25(30)23-20-10-5-17(2)15-21(20)33-24(23)26-22(29)16-27-11-13-28(14-12-27)18-6-8-19(31-3)9-7-18/h6-9,17H,4-5,10-16H2,1-3H3,(H,26,29). The number of methoxy groups -OCH3 is 1. The SMILES string of the molecule is CCOC(=O)c1c(NC(=O)CN2CCN(c3ccc(OC)cc3)CC2)sc2c1CCC(C)C2. The number of rotatable bonds is 7. The lowest BCUT2D eigenvalue weighted by Crippen LogP contribution is -2.48. The third kappa shape index (κ3) is 5.50. The number of amides is 1. The molecule has 1 saturated heterocycles. The summed E-state index contributed by atoms with van der Waals surface area (Å²) in [4.78, 5) is 31.2. The van der Waals surface area contributed by atoms with Crippen LogP contribution >= 0.6 is 11.3 Å². The van der Waals surface area contributed by atoms with E-state index in [-0.39, 0.29) is 11.9 Å². The van der Waals surface area contributed by atoms with Crippen molar-refractivity contribution in [2.75, 3.05) is 56.7 Å². The minimum absolute atomic E-state index is 0.0786. The predicted molar refractivity (Wildman–Crippen MR) is 132 cm³/mol. The quantitative estimate of drug-likeness (QED) is 0.619. The molecule has 2 aliphatic rings. The van der Waals surface area contributed by atoms with Crippen LogP contribution in [0.3, 0.4) is 0 Å². The second-order valence-corrected chi connectivity index (χ2v) is 9.89. The van der Waals surface area contributed by atoms with Crippen LogP contribution in [0.5, 0.6) is 5.75 Å². The van der Waals surface area contributed by atoms with E-state index in [1.54, 1.807) is 18.4 Å². The van der Waals surface area contributed by atoms with E-state index in [9.17, 15) is 9.59 Å². The molecule has 1 amide bonds. The lowest BCUT2D eigenvalue weighted by Gasteiger charge is -2.35. The van der Waals surface area contributed by atoms with Crippen LogP contribution in [0.2, 0.25) is 0 Å². The smallest absolute Gasteiger partial charge is 0.341 e. The molecular weight excluding hydrogens is 438 g/mol. The summed E-state index contributed by atoms with van der Waals surface area (Å²) in [6, 6.07) is 8.07. The lowest BCUT2D eigenvalue weighted by molar-refractivity contribution is -0.117. The van der Waals surface area contributed by atoms with Crippen LogP contribution in [0.15, 0.2) is 24.3 Å². The number of esters is 1. The maximum Gasteiger partial charge on any atom is 0.341 e. The molecule has 178 valence electrons. The third-order valence-electron chi connectivity index (χ3n) is 6.42. The molecule has 2 heterocycles. The van der Waals surface area contributed by atoms with E-state index in [4.69, 9.17) is 9.47 Å². The average Bonchev–Trinajstić information content (AvgIpc) is 3.16. The maximum atomic E-state index is 12.9. The number of anilines is 2. The van der Waals surface area contributed by atoms with Crippen LogP contribution < -0.4 is 15.0 Å². The van der Waals surface area contributed by atoms with Crippen LogP contribution in [-0.4, -0.2) is 63.2 Å². The number of carbonyl (C=O) groups is 2. The van der Waals surface area contributed by atoms with E-state index in [0.717, 1.165) is 62.4 Å². The molecule has 0 spiro atoms. The van der Waals surface area contributed by atoms with Gasteiger partial charge >= 0.3 is 5.97 Å². The molecule has 0 saturated carbocycles. The molecule has 1 unspecified atom stereocenters. The van der Waals surface area contributed by atoms with Crippen molar-refractivity contribution < 1.29 is 19.1 Å². The zero-order valence-corrected chi connectivity index (χ0v) is 20.5. The fraction of sp³-hybridized carbons (Fsp3) is 0.520. The molecule has 1 atom stereocenters. The number of ether oxygens (including phenoxy) is 2. The highest BCUT2D eigenvalue weighted by Crippen LogP contribution is 2.40. The number of nitrogens with one attached hydrogen (secondary N) is 1. The first-order valence-corrected chi connectivity index (χ1v) is 12.5. The fourth-order valence-electron chi connectivity index (χ4n) is 4.58. The maximum absolute atomic E-state index is 12.9. The van der Waals surface area contributed by atoms with Crippen molar-refractivity contribution >= 4 is 33.9 Å². The normalized spacial score (nSPS) is 18.5. The van der Waals surface area contributed by atoms with Gasteiger partial charge in [0.05, 0.1) is 25.8 Å². The van der Waals surface area contributed by atoms with Gasteiger partial charge in [-0.15, -0.1) is 11.3 Å². The van der Waals surface area contributed by atoms with Crippen molar-refractivity contribution in [2.24, 2.45) is 5.92 Å². The number of benzene rings is 1. The number of thiophene rings is 1. The first kappa shape index (κ1) is 23.6. The number of nitrogens with zero attached hydrogens (tertiary/aromatic N) is 2.